The summed E-state index contributed by atoms with van der Waals surface area (Å²) in [6.07, 6.45) is 7.39. The maximum atomic E-state index is 13.0. The largest absolute Gasteiger partial charge is 0.480 e. The first-order valence-electron chi connectivity index (χ1n) is 10.3. The van der Waals surface area contributed by atoms with E-state index in [1.807, 2.05) is 19.1 Å². The molecule has 33 heavy (non-hydrogen) atoms. The average Bonchev–Trinajstić information content (AvgIpc) is 3.13. The van der Waals surface area contributed by atoms with Crippen molar-refractivity contribution in [3.63, 3.8) is 0 Å². The van der Waals surface area contributed by atoms with Crippen LogP contribution in [0.3, 0.4) is 0 Å². The number of likely N-dealkylation sites (tertiary alicyclic amines) is 1. The fourth-order valence-corrected chi connectivity index (χ4v) is 4.35. The first kappa shape index (κ1) is 23.9. The van der Waals surface area contributed by atoms with Gasteiger partial charge in [-0.15, -0.1) is 0 Å². The number of nitrogens with one attached hydrogen (secondary N) is 1. The molecular formula is C22H26N6O4S. The Morgan fingerprint density at radius 3 is 2.76 bits per heavy atom. The number of methoxy groups -OCH3 is 1. The van der Waals surface area contributed by atoms with E-state index in [2.05, 4.69) is 21.9 Å². The Morgan fingerprint density at radius 2 is 2.12 bits per heavy atom. The van der Waals surface area contributed by atoms with Crippen molar-refractivity contribution in [2.75, 3.05) is 24.7 Å². The van der Waals surface area contributed by atoms with Gasteiger partial charge in [-0.25, -0.2) is 9.97 Å². The van der Waals surface area contributed by atoms with Gasteiger partial charge in [-0.1, -0.05) is 24.0 Å². The zero-order chi connectivity index (χ0) is 24.1. The minimum Gasteiger partial charge on any atom is -0.480 e. The Morgan fingerprint density at radius 1 is 1.36 bits per heavy atom. The fourth-order valence-electron chi connectivity index (χ4n) is 3.61. The topological polar surface area (TPSA) is 154 Å². The molecule has 0 unspecified atom stereocenters. The molecule has 11 heteroatoms. The maximum absolute atomic E-state index is 13.0. The van der Waals surface area contributed by atoms with E-state index < -0.39 is 17.7 Å². The van der Waals surface area contributed by atoms with E-state index >= 15 is 0 Å². The van der Waals surface area contributed by atoms with E-state index in [1.54, 1.807) is 0 Å². The number of rotatable bonds is 6. The van der Waals surface area contributed by atoms with Crippen molar-refractivity contribution in [3.8, 4) is 5.88 Å². The van der Waals surface area contributed by atoms with E-state index in [0.717, 1.165) is 23.4 Å². The van der Waals surface area contributed by atoms with Crippen molar-refractivity contribution in [1.29, 1.82) is 0 Å². The third-order valence-electron chi connectivity index (χ3n) is 5.25. The molecule has 0 radical (unpaired) electrons. The molecule has 0 aliphatic carbocycles. The second-order valence-electron chi connectivity index (χ2n) is 7.52. The van der Waals surface area contributed by atoms with Crippen LogP contribution in [0.2, 0.25) is 0 Å². The standard InChI is InChI=1S/C22H26N6O4S/c1-12(7-8-17-13(2)26-22(24)33-17)16-6-4-5-9-28(16)21(31)19(30)27-14-10-15(18(23)29)20(32-3)25-11-14/h7-8,10-11,16H,1,4-6,9H2,2-3H3,(H2,23,29)(H2,24,26)(H,27,30)/b8-7-/t16-/m0/s1. The lowest BCUT2D eigenvalue weighted by molar-refractivity contribution is -0.145. The molecule has 1 fully saturated rings. The van der Waals surface area contributed by atoms with Crippen LogP contribution in [0.1, 0.15) is 40.2 Å². The number of anilines is 2. The Labute approximate surface area is 195 Å². The van der Waals surface area contributed by atoms with Crippen molar-refractivity contribution in [1.82, 2.24) is 14.9 Å². The zero-order valence-corrected chi connectivity index (χ0v) is 19.3. The second-order valence-corrected chi connectivity index (χ2v) is 8.58. The number of pyridine rings is 1. The summed E-state index contributed by atoms with van der Waals surface area (Å²) in [6.45, 7) is 6.42. The normalized spacial score (nSPS) is 15.9. The molecule has 1 saturated heterocycles. The summed E-state index contributed by atoms with van der Waals surface area (Å²) in [5, 5.41) is 2.97. The van der Waals surface area contributed by atoms with E-state index in [0.29, 0.717) is 23.7 Å². The van der Waals surface area contributed by atoms with Gasteiger partial charge in [-0.05, 0) is 43.9 Å². The number of amides is 3. The van der Waals surface area contributed by atoms with Gasteiger partial charge >= 0.3 is 11.8 Å². The van der Waals surface area contributed by atoms with Crippen LogP contribution in [0, 0.1) is 6.92 Å². The monoisotopic (exact) mass is 470 g/mol. The van der Waals surface area contributed by atoms with Gasteiger partial charge in [0.15, 0.2) is 5.13 Å². The Balaban J connectivity index is 1.73. The highest BCUT2D eigenvalue weighted by Crippen LogP contribution is 2.26. The average molecular weight is 471 g/mol. The number of hydrogen-bond donors (Lipinski definition) is 3. The number of primary amides is 1. The molecule has 174 valence electrons. The number of hydrogen-bond acceptors (Lipinski definition) is 8. The number of aryl methyl sites for hydroxylation is 1. The molecular weight excluding hydrogens is 444 g/mol. The molecule has 0 aromatic carbocycles. The number of ether oxygens (including phenoxy) is 1. The molecule has 2 aromatic rings. The number of nitrogens with zero attached hydrogens (tertiary/aromatic N) is 3. The minimum atomic E-state index is -0.841. The van der Waals surface area contributed by atoms with Crippen LogP contribution in [0.4, 0.5) is 10.8 Å². The summed E-state index contributed by atoms with van der Waals surface area (Å²) in [6, 6.07) is 1.01. The Kier molecular flexibility index (Phi) is 7.44. The van der Waals surface area contributed by atoms with Gasteiger partial charge in [-0.2, -0.15) is 0 Å². The minimum absolute atomic E-state index is 0.00360. The molecule has 0 spiro atoms. The predicted octanol–water partition coefficient (Wildman–Crippen LogP) is 2.13. The van der Waals surface area contributed by atoms with Gasteiger partial charge in [0.25, 0.3) is 5.91 Å². The van der Waals surface area contributed by atoms with Gasteiger partial charge in [0, 0.05) is 6.54 Å². The van der Waals surface area contributed by atoms with Crippen LogP contribution in [0.15, 0.2) is 30.5 Å². The van der Waals surface area contributed by atoms with Gasteiger partial charge in [0.2, 0.25) is 5.88 Å². The SMILES string of the molecule is C=C(/C=C\c1sc(N)nc1C)[C@@H]1CCCCN1C(=O)C(=O)Nc1cnc(OC)c(C(N)=O)c1. The van der Waals surface area contributed by atoms with Crippen LogP contribution in [-0.2, 0) is 9.59 Å². The molecule has 1 atom stereocenters. The number of nitrogens with two attached hydrogens (primary N) is 2. The Hall–Kier alpha value is -3.73. The number of aromatic nitrogens is 2. The molecule has 0 saturated carbocycles. The van der Waals surface area contributed by atoms with E-state index in [4.69, 9.17) is 16.2 Å². The quantitative estimate of drug-likeness (QED) is 0.432. The highest BCUT2D eigenvalue weighted by atomic mass is 32.1. The van der Waals surface area contributed by atoms with Crippen LogP contribution >= 0.6 is 11.3 Å². The van der Waals surface area contributed by atoms with Crippen molar-refractivity contribution in [2.24, 2.45) is 5.73 Å². The van der Waals surface area contributed by atoms with Gasteiger partial charge in [-0.3, -0.25) is 14.4 Å². The molecule has 3 amide bonds. The zero-order valence-electron chi connectivity index (χ0n) is 18.5. The number of nitrogen functional groups attached to an aromatic ring is 1. The van der Waals surface area contributed by atoms with Crippen LogP contribution in [0.5, 0.6) is 5.88 Å². The number of thiazole rings is 1. The van der Waals surface area contributed by atoms with Crippen molar-refractivity contribution in [2.45, 2.75) is 32.2 Å². The van der Waals surface area contributed by atoms with Gasteiger partial charge < -0.3 is 26.4 Å². The van der Waals surface area contributed by atoms with Crippen molar-refractivity contribution < 1.29 is 19.1 Å². The molecule has 5 N–H and O–H groups in total. The van der Waals surface area contributed by atoms with Gasteiger partial charge in [0.1, 0.15) is 5.56 Å². The lowest BCUT2D eigenvalue weighted by Gasteiger charge is -2.35. The summed E-state index contributed by atoms with van der Waals surface area (Å²) >= 11 is 1.37. The van der Waals surface area contributed by atoms with Crippen LogP contribution in [-0.4, -0.2) is 52.3 Å². The van der Waals surface area contributed by atoms with Gasteiger partial charge in [0.05, 0.1) is 35.6 Å². The Bertz CT molecular complexity index is 1130. The maximum Gasteiger partial charge on any atom is 0.313 e. The number of carbonyl (C=O) groups excluding carboxylic acids is 3. The molecule has 1 aliphatic rings. The van der Waals surface area contributed by atoms with E-state index in [-0.39, 0.29) is 23.2 Å². The second kappa shape index (κ2) is 10.3. The third kappa shape index (κ3) is 5.55. The summed E-state index contributed by atoms with van der Waals surface area (Å²) in [4.78, 5) is 47.8. The molecule has 1 aliphatic heterocycles. The molecule has 3 heterocycles. The van der Waals surface area contributed by atoms with Crippen molar-refractivity contribution >= 4 is 46.0 Å². The molecule has 0 bridgehead atoms. The smallest absolute Gasteiger partial charge is 0.313 e. The number of piperidine rings is 1. The summed E-state index contributed by atoms with van der Waals surface area (Å²) in [5.41, 5.74) is 12.8. The molecule has 2 aromatic heterocycles. The fraction of sp³-hybridized carbons (Fsp3) is 0.318. The van der Waals surface area contributed by atoms with E-state index in [1.165, 1.54) is 35.6 Å². The van der Waals surface area contributed by atoms with Crippen molar-refractivity contribution in [3.05, 3.63) is 46.6 Å². The summed E-state index contributed by atoms with van der Waals surface area (Å²) in [7, 11) is 1.35. The molecule has 3 rings (SSSR count). The summed E-state index contributed by atoms with van der Waals surface area (Å²) in [5.74, 6) is -2.26. The summed E-state index contributed by atoms with van der Waals surface area (Å²) < 4.78 is 4.99. The lowest BCUT2D eigenvalue weighted by atomic mass is 9.95. The highest BCUT2D eigenvalue weighted by Gasteiger charge is 2.32. The lowest BCUT2D eigenvalue weighted by Crippen LogP contribution is -2.48. The first-order valence-corrected chi connectivity index (χ1v) is 11.1. The third-order valence-corrected chi connectivity index (χ3v) is 6.20. The van der Waals surface area contributed by atoms with E-state index in [9.17, 15) is 14.4 Å². The van der Waals surface area contributed by atoms with Crippen LogP contribution < -0.4 is 21.5 Å². The number of carbonyl (C=O) groups is 3. The highest BCUT2D eigenvalue weighted by molar-refractivity contribution is 7.16. The molecule has 10 nitrogen and oxygen atoms in total. The first-order chi connectivity index (χ1) is 15.7. The van der Waals surface area contributed by atoms with Crippen LogP contribution in [0.25, 0.3) is 6.08 Å². The predicted molar refractivity (Wildman–Crippen MR) is 127 cm³/mol.